The first-order chi connectivity index (χ1) is 12.1. The van der Waals surface area contributed by atoms with Gasteiger partial charge in [0.15, 0.2) is 5.96 Å². The number of halogens is 1. The summed E-state index contributed by atoms with van der Waals surface area (Å²) in [5.41, 5.74) is 0.0128. The second-order valence-corrected chi connectivity index (χ2v) is 7.39. The largest absolute Gasteiger partial charge is 0.444 e. The number of carbonyl (C=O) groups is 1. The lowest BCUT2D eigenvalue weighted by atomic mass is 10.0. The van der Waals surface area contributed by atoms with Gasteiger partial charge >= 0.3 is 6.09 Å². The van der Waals surface area contributed by atoms with Gasteiger partial charge < -0.3 is 20.7 Å². The summed E-state index contributed by atoms with van der Waals surface area (Å²) in [5.74, 6) is 0.465. The van der Waals surface area contributed by atoms with Crippen LogP contribution in [0, 0.1) is 11.7 Å². The van der Waals surface area contributed by atoms with Gasteiger partial charge in [0.2, 0.25) is 0 Å². The van der Waals surface area contributed by atoms with Crippen LogP contribution in [0.25, 0.3) is 0 Å². The van der Waals surface area contributed by atoms with Crippen LogP contribution in [-0.2, 0) is 11.3 Å². The van der Waals surface area contributed by atoms with Gasteiger partial charge in [0, 0.05) is 25.7 Å². The number of aliphatic imine (C=N–C) groups is 1. The molecule has 0 spiro atoms. The van der Waals surface area contributed by atoms with Crippen LogP contribution < -0.4 is 16.0 Å². The maximum Gasteiger partial charge on any atom is 0.407 e. The number of benzene rings is 1. The summed E-state index contributed by atoms with van der Waals surface area (Å²) >= 11 is 0. The van der Waals surface area contributed by atoms with E-state index in [-0.39, 0.29) is 17.8 Å². The number of hydrogen-bond donors (Lipinski definition) is 3. The summed E-state index contributed by atoms with van der Waals surface area (Å²) in [7, 11) is 1.64. The molecule has 0 bridgehead atoms. The highest BCUT2D eigenvalue weighted by atomic mass is 19.1. The van der Waals surface area contributed by atoms with E-state index >= 15 is 0 Å². The van der Waals surface area contributed by atoms with E-state index in [1.165, 1.54) is 6.07 Å². The Balaban J connectivity index is 2.55. The van der Waals surface area contributed by atoms with Crippen molar-refractivity contribution in [2.75, 3.05) is 13.6 Å². The Hall–Kier alpha value is -2.31. The predicted octanol–water partition coefficient (Wildman–Crippen LogP) is 3.04. The number of nitrogens with zero attached hydrogens (tertiary/aromatic N) is 1. The van der Waals surface area contributed by atoms with Gasteiger partial charge in [0.25, 0.3) is 0 Å². The highest BCUT2D eigenvalue weighted by Crippen LogP contribution is 2.08. The summed E-state index contributed by atoms with van der Waals surface area (Å²) in [6.07, 6.45) is -0.452. The Labute approximate surface area is 155 Å². The molecule has 1 atom stereocenters. The zero-order chi connectivity index (χ0) is 19.7. The minimum absolute atomic E-state index is 0.142. The molecule has 0 radical (unpaired) electrons. The SMILES string of the molecule is CN=C(NCc1ccccc1F)NCC(NC(=O)OC(C)(C)C)C(C)C. The number of hydrogen-bond acceptors (Lipinski definition) is 3. The lowest BCUT2D eigenvalue weighted by Crippen LogP contribution is -2.50. The van der Waals surface area contributed by atoms with Crippen molar-refractivity contribution in [3.8, 4) is 0 Å². The molecule has 1 rings (SSSR count). The maximum atomic E-state index is 13.7. The zero-order valence-electron chi connectivity index (χ0n) is 16.5. The van der Waals surface area contributed by atoms with E-state index in [1.54, 1.807) is 25.2 Å². The molecule has 0 aliphatic carbocycles. The van der Waals surface area contributed by atoms with Crippen LogP contribution in [0.15, 0.2) is 29.3 Å². The molecule has 0 aliphatic heterocycles. The molecule has 1 aromatic carbocycles. The Morgan fingerprint density at radius 1 is 1.23 bits per heavy atom. The first-order valence-electron chi connectivity index (χ1n) is 8.80. The first kappa shape index (κ1) is 21.7. The van der Waals surface area contributed by atoms with Gasteiger partial charge in [-0.05, 0) is 32.8 Å². The van der Waals surface area contributed by atoms with Crippen molar-refractivity contribution in [2.45, 2.75) is 52.8 Å². The first-order valence-corrected chi connectivity index (χ1v) is 8.80. The van der Waals surface area contributed by atoms with Crippen LogP contribution in [-0.4, -0.2) is 37.3 Å². The molecular weight excluding hydrogens is 335 g/mol. The van der Waals surface area contributed by atoms with Gasteiger partial charge in [0.1, 0.15) is 11.4 Å². The predicted molar refractivity (Wildman–Crippen MR) is 103 cm³/mol. The quantitative estimate of drug-likeness (QED) is 0.534. The maximum absolute atomic E-state index is 13.7. The summed E-state index contributed by atoms with van der Waals surface area (Å²) in [6, 6.07) is 6.44. The Kier molecular flexibility index (Phi) is 8.35. The number of ether oxygens (including phenoxy) is 1. The molecule has 3 N–H and O–H groups in total. The van der Waals surface area contributed by atoms with Gasteiger partial charge in [-0.15, -0.1) is 0 Å². The highest BCUT2D eigenvalue weighted by molar-refractivity contribution is 5.79. The van der Waals surface area contributed by atoms with Crippen LogP contribution >= 0.6 is 0 Å². The van der Waals surface area contributed by atoms with Crippen molar-refractivity contribution < 1.29 is 13.9 Å². The summed E-state index contributed by atoms with van der Waals surface area (Å²) in [6.45, 7) is 10.3. The molecule has 146 valence electrons. The molecular formula is C19H31FN4O2. The summed E-state index contributed by atoms with van der Waals surface area (Å²) in [4.78, 5) is 16.1. The Morgan fingerprint density at radius 2 is 1.88 bits per heavy atom. The monoisotopic (exact) mass is 366 g/mol. The molecule has 0 aromatic heterocycles. The van der Waals surface area contributed by atoms with E-state index in [1.807, 2.05) is 34.6 Å². The third-order valence-electron chi connectivity index (χ3n) is 3.62. The molecule has 0 aliphatic rings. The number of amides is 1. The summed E-state index contributed by atoms with van der Waals surface area (Å²) < 4.78 is 19.0. The fraction of sp³-hybridized carbons (Fsp3) is 0.579. The van der Waals surface area contributed by atoms with Crippen LogP contribution in [0.3, 0.4) is 0 Å². The van der Waals surface area contributed by atoms with Gasteiger partial charge in [-0.1, -0.05) is 32.0 Å². The lowest BCUT2D eigenvalue weighted by Gasteiger charge is -2.26. The number of guanidine groups is 1. The average molecular weight is 366 g/mol. The normalized spacial score (nSPS) is 13.3. The standard InChI is InChI=1S/C19H31FN4O2/c1-13(2)16(24-18(25)26-19(3,4)5)12-23-17(21-6)22-11-14-9-7-8-10-15(14)20/h7-10,13,16H,11-12H2,1-6H3,(H,24,25)(H2,21,22,23). The minimum Gasteiger partial charge on any atom is -0.444 e. The topological polar surface area (TPSA) is 74.8 Å². The van der Waals surface area contributed by atoms with Crippen molar-refractivity contribution in [1.29, 1.82) is 0 Å². The molecule has 26 heavy (non-hydrogen) atoms. The lowest BCUT2D eigenvalue weighted by molar-refractivity contribution is 0.0491. The van der Waals surface area contributed by atoms with E-state index in [0.717, 1.165) is 0 Å². The van der Waals surface area contributed by atoms with Crippen LogP contribution in [0.2, 0.25) is 0 Å². The molecule has 0 saturated carbocycles. The highest BCUT2D eigenvalue weighted by Gasteiger charge is 2.21. The second kappa shape index (κ2) is 9.99. The van der Waals surface area contributed by atoms with Crippen LogP contribution in [0.4, 0.5) is 9.18 Å². The van der Waals surface area contributed by atoms with E-state index in [9.17, 15) is 9.18 Å². The third-order valence-corrected chi connectivity index (χ3v) is 3.62. The molecule has 0 heterocycles. The minimum atomic E-state index is -0.545. The fourth-order valence-corrected chi connectivity index (χ4v) is 2.16. The molecule has 1 unspecified atom stereocenters. The van der Waals surface area contributed by atoms with E-state index in [2.05, 4.69) is 20.9 Å². The van der Waals surface area contributed by atoms with E-state index < -0.39 is 11.7 Å². The van der Waals surface area contributed by atoms with Gasteiger partial charge in [-0.25, -0.2) is 9.18 Å². The van der Waals surface area contributed by atoms with Crippen molar-refractivity contribution >= 4 is 12.1 Å². The molecule has 1 amide bonds. The van der Waals surface area contributed by atoms with Gasteiger partial charge in [-0.3, -0.25) is 4.99 Å². The molecule has 6 nitrogen and oxygen atoms in total. The van der Waals surface area contributed by atoms with Crippen molar-refractivity contribution in [3.63, 3.8) is 0 Å². The molecule has 7 heteroatoms. The molecule has 1 aromatic rings. The third kappa shape index (κ3) is 8.18. The smallest absolute Gasteiger partial charge is 0.407 e. The van der Waals surface area contributed by atoms with Crippen molar-refractivity contribution in [2.24, 2.45) is 10.9 Å². The van der Waals surface area contributed by atoms with Gasteiger partial charge in [-0.2, -0.15) is 0 Å². The van der Waals surface area contributed by atoms with Crippen LogP contribution in [0.1, 0.15) is 40.2 Å². The molecule has 0 fully saturated rings. The number of carbonyl (C=O) groups excluding carboxylic acids is 1. The Morgan fingerprint density at radius 3 is 2.42 bits per heavy atom. The average Bonchev–Trinajstić information content (AvgIpc) is 2.53. The summed E-state index contributed by atoms with van der Waals surface area (Å²) in [5, 5.41) is 9.09. The van der Waals surface area contributed by atoms with Crippen molar-refractivity contribution in [3.05, 3.63) is 35.6 Å². The van der Waals surface area contributed by atoms with Crippen molar-refractivity contribution in [1.82, 2.24) is 16.0 Å². The second-order valence-electron chi connectivity index (χ2n) is 7.39. The number of rotatable bonds is 6. The Bertz CT molecular complexity index is 612. The van der Waals surface area contributed by atoms with E-state index in [4.69, 9.17) is 4.74 Å². The fourth-order valence-electron chi connectivity index (χ4n) is 2.16. The van der Waals surface area contributed by atoms with E-state index in [0.29, 0.717) is 24.6 Å². The number of nitrogens with one attached hydrogen (secondary N) is 3. The molecule has 0 saturated heterocycles. The van der Waals surface area contributed by atoms with Gasteiger partial charge in [0.05, 0.1) is 6.04 Å². The zero-order valence-corrected chi connectivity index (χ0v) is 16.5. The number of alkyl carbamates (subject to hydrolysis) is 1. The van der Waals surface area contributed by atoms with Crippen LogP contribution in [0.5, 0.6) is 0 Å².